The Morgan fingerprint density at radius 2 is 1.61 bits per heavy atom. The number of carbonyl (C=O) groups excluding carboxylic acids is 1. The van der Waals surface area contributed by atoms with Gasteiger partial charge in [0, 0.05) is 12.8 Å². The van der Waals surface area contributed by atoms with Crippen LogP contribution in [-0.4, -0.2) is 52.6 Å². The zero-order valence-corrected chi connectivity index (χ0v) is 36.8. The minimum atomic E-state index is -2.77. The molecule has 6 atom stereocenters. The van der Waals surface area contributed by atoms with E-state index in [-0.39, 0.29) is 29.3 Å². The van der Waals surface area contributed by atoms with E-state index in [2.05, 4.69) is 133 Å². The van der Waals surface area contributed by atoms with Crippen molar-refractivity contribution in [2.75, 3.05) is 14.2 Å². The molecule has 3 aromatic carbocycles. The minimum absolute atomic E-state index is 0.0144. The molecule has 0 radical (unpaired) electrons. The molecule has 302 valence electrons. The highest BCUT2D eigenvalue weighted by molar-refractivity contribution is 6.99. The van der Waals surface area contributed by atoms with Crippen LogP contribution in [0.1, 0.15) is 115 Å². The number of rotatable bonds is 13. The maximum atomic E-state index is 12.6. The molecule has 56 heavy (non-hydrogen) atoms. The Hall–Kier alpha value is -3.75. The SMILES string of the molecule is COC(=O)c1cc(C)c(OC)cc1/C(C)=C/C=C[C@H](C)C/C(C)=C\C[C@@H]1C[C@@H](O[Si](c2ccccc2)(c2ccccc2)C(C)(C)C)C[C@]2(CC[C@H](C)[C@@H](C)O2)O1. The number of aryl methyl sites for hydroxylation is 1. The summed E-state index contributed by atoms with van der Waals surface area (Å²) in [5.41, 5.74) is 4.53. The van der Waals surface area contributed by atoms with Gasteiger partial charge in [0.1, 0.15) is 5.75 Å². The second kappa shape index (κ2) is 18.7. The highest BCUT2D eigenvalue weighted by Gasteiger charge is 2.54. The molecule has 0 aliphatic carbocycles. The van der Waals surface area contributed by atoms with Crippen LogP contribution in [0.2, 0.25) is 5.04 Å². The summed E-state index contributed by atoms with van der Waals surface area (Å²) in [6.07, 6.45) is 14.1. The molecule has 0 amide bonds. The third kappa shape index (κ3) is 10.0. The number of esters is 1. The zero-order chi connectivity index (χ0) is 40.7. The van der Waals surface area contributed by atoms with E-state index in [9.17, 15) is 4.79 Å². The van der Waals surface area contributed by atoms with Gasteiger partial charge < -0.3 is 23.4 Å². The van der Waals surface area contributed by atoms with Crippen LogP contribution in [-0.2, 0) is 18.6 Å². The first-order valence-electron chi connectivity index (χ1n) is 20.5. The monoisotopic (exact) mass is 778 g/mol. The van der Waals surface area contributed by atoms with Crippen molar-refractivity contribution in [2.45, 2.75) is 130 Å². The molecule has 0 unspecified atom stereocenters. The van der Waals surface area contributed by atoms with Crippen molar-refractivity contribution in [1.29, 1.82) is 0 Å². The Labute approximate surface area is 338 Å². The Bertz CT molecular complexity index is 1820. The van der Waals surface area contributed by atoms with E-state index >= 15 is 0 Å². The Kier molecular flexibility index (Phi) is 14.5. The fraction of sp³-hybridized carbons (Fsp3) is 0.490. The van der Waals surface area contributed by atoms with Gasteiger partial charge in [0.25, 0.3) is 8.32 Å². The van der Waals surface area contributed by atoms with E-state index in [1.165, 1.54) is 23.1 Å². The summed E-state index contributed by atoms with van der Waals surface area (Å²) >= 11 is 0. The highest BCUT2D eigenvalue weighted by Crippen LogP contribution is 2.45. The molecule has 0 saturated carbocycles. The van der Waals surface area contributed by atoms with Gasteiger partial charge in [0.15, 0.2) is 5.79 Å². The van der Waals surface area contributed by atoms with E-state index in [1.807, 2.05) is 26.0 Å². The number of carbonyl (C=O) groups is 1. The van der Waals surface area contributed by atoms with Gasteiger partial charge in [-0.15, -0.1) is 0 Å². The first kappa shape index (κ1) is 43.4. The fourth-order valence-electron chi connectivity index (χ4n) is 8.72. The normalized spacial score (nSPS) is 24.3. The van der Waals surface area contributed by atoms with E-state index in [0.717, 1.165) is 61.0 Å². The molecule has 2 saturated heterocycles. The molecule has 2 fully saturated rings. The van der Waals surface area contributed by atoms with Gasteiger partial charge in [-0.25, -0.2) is 4.79 Å². The Balaban J connectivity index is 1.35. The van der Waals surface area contributed by atoms with Gasteiger partial charge in [0.2, 0.25) is 0 Å². The number of hydrogen-bond donors (Lipinski definition) is 0. The number of hydrogen-bond acceptors (Lipinski definition) is 6. The fourth-order valence-corrected chi connectivity index (χ4v) is 13.4. The summed E-state index contributed by atoms with van der Waals surface area (Å²) in [6.45, 7) is 19.9. The summed E-state index contributed by atoms with van der Waals surface area (Å²) in [7, 11) is 0.284. The van der Waals surface area contributed by atoms with Crippen molar-refractivity contribution in [3.8, 4) is 5.75 Å². The second-order valence-electron chi connectivity index (χ2n) is 17.4. The first-order valence-corrected chi connectivity index (χ1v) is 22.4. The smallest absolute Gasteiger partial charge is 0.338 e. The lowest BCUT2D eigenvalue weighted by Gasteiger charge is -2.52. The predicted molar refractivity (Wildman–Crippen MR) is 232 cm³/mol. The minimum Gasteiger partial charge on any atom is -0.496 e. The van der Waals surface area contributed by atoms with Gasteiger partial charge in [-0.05, 0) is 109 Å². The van der Waals surface area contributed by atoms with Crippen molar-refractivity contribution >= 4 is 30.2 Å². The summed E-state index contributed by atoms with van der Waals surface area (Å²) in [5, 5.41) is 2.48. The molecule has 3 aromatic rings. The zero-order valence-electron chi connectivity index (χ0n) is 35.8. The molecule has 2 aliphatic rings. The summed E-state index contributed by atoms with van der Waals surface area (Å²) in [5.74, 6) is 0.542. The lowest BCUT2D eigenvalue weighted by atomic mass is 9.86. The van der Waals surface area contributed by atoms with Gasteiger partial charge >= 0.3 is 5.97 Å². The number of allylic oxidation sites excluding steroid dienone is 5. The van der Waals surface area contributed by atoms with Crippen molar-refractivity contribution in [1.82, 2.24) is 0 Å². The second-order valence-corrected chi connectivity index (χ2v) is 21.6. The van der Waals surface area contributed by atoms with E-state index < -0.39 is 14.1 Å². The van der Waals surface area contributed by atoms with Crippen molar-refractivity contribution in [3.63, 3.8) is 0 Å². The molecule has 5 rings (SSSR count). The Morgan fingerprint density at radius 3 is 2.18 bits per heavy atom. The van der Waals surface area contributed by atoms with Gasteiger partial charge in [-0.3, -0.25) is 0 Å². The van der Waals surface area contributed by atoms with Crippen LogP contribution in [0.5, 0.6) is 5.75 Å². The molecule has 6 nitrogen and oxygen atoms in total. The third-order valence-corrected chi connectivity index (χ3v) is 17.0. The van der Waals surface area contributed by atoms with Crippen molar-refractivity contribution < 1.29 is 28.2 Å². The van der Waals surface area contributed by atoms with Gasteiger partial charge in [-0.2, -0.15) is 0 Å². The van der Waals surface area contributed by atoms with Crippen LogP contribution in [0.15, 0.2) is 103 Å². The quantitative estimate of drug-likeness (QED) is 0.0745. The van der Waals surface area contributed by atoms with Crippen LogP contribution in [0.3, 0.4) is 0 Å². The standard InChI is InChI=1S/C49H66O6Si/c1-34(19-18-20-37(4)44-32-46(51-10)38(5)30-45(44)47(50)52-11)29-35(2)25-26-40-31-41(33-49(54-40)28-27-36(3)39(6)53-49)55-56(48(7,8)9,42-21-14-12-15-22-42)43-23-16-13-17-24-43/h12-25,30,32,34,36,39-41H,26-29,31,33H2,1-11H3/b19-18?,35-25-,37-20+/t34-,36-,39+,40+,41+,49-/m0/s1. The maximum absolute atomic E-state index is 12.6. The molecule has 0 aromatic heterocycles. The van der Waals surface area contributed by atoms with Gasteiger partial charge in [0.05, 0.1) is 38.1 Å². The molecule has 1 spiro atoms. The molecule has 2 aliphatic heterocycles. The largest absolute Gasteiger partial charge is 0.496 e. The lowest BCUT2D eigenvalue weighted by molar-refractivity contribution is -0.330. The number of ether oxygens (including phenoxy) is 4. The van der Waals surface area contributed by atoms with E-state index in [1.54, 1.807) is 7.11 Å². The number of methoxy groups -OCH3 is 2. The molecule has 0 N–H and O–H groups in total. The molecule has 7 heteroatoms. The molecule has 2 heterocycles. The summed E-state index contributed by atoms with van der Waals surface area (Å²) in [4.78, 5) is 12.6. The van der Waals surface area contributed by atoms with Crippen molar-refractivity contribution in [2.24, 2.45) is 11.8 Å². The molecule has 0 bridgehead atoms. The van der Waals surface area contributed by atoms with E-state index in [0.29, 0.717) is 17.4 Å². The summed E-state index contributed by atoms with van der Waals surface area (Å²) in [6, 6.07) is 25.7. The Morgan fingerprint density at radius 1 is 0.964 bits per heavy atom. The van der Waals surface area contributed by atoms with Crippen LogP contribution in [0.25, 0.3) is 5.57 Å². The molecular formula is C49H66O6Si. The van der Waals surface area contributed by atoms with Gasteiger partial charge in [-0.1, -0.05) is 125 Å². The average molecular weight is 779 g/mol. The average Bonchev–Trinajstić information content (AvgIpc) is 3.17. The maximum Gasteiger partial charge on any atom is 0.338 e. The lowest BCUT2D eigenvalue weighted by Crippen LogP contribution is -2.68. The summed E-state index contributed by atoms with van der Waals surface area (Å²) < 4.78 is 32.3. The van der Waals surface area contributed by atoms with Crippen LogP contribution in [0, 0.1) is 18.8 Å². The number of benzene rings is 3. The first-order chi connectivity index (χ1) is 26.6. The van der Waals surface area contributed by atoms with Crippen LogP contribution < -0.4 is 15.1 Å². The predicted octanol–water partition coefficient (Wildman–Crippen LogP) is 10.8. The van der Waals surface area contributed by atoms with Crippen LogP contribution in [0.4, 0.5) is 0 Å². The van der Waals surface area contributed by atoms with Crippen molar-refractivity contribution in [3.05, 3.63) is 119 Å². The third-order valence-electron chi connectivity index (χ3n) is 11.9. The van der Waals surface area contributed by atoms with E-state index in [4.69, 9.17) is 23.4 Å². The van der Waals surface area contributed by atoms with Crippen LogP contribution >= 0.6 is 0 Å². The highest BCUT2D eigenvalue weighted by atomic mass is 28.4. The topological polar surface area (TPSA) is 63.2 Å². The molecular weight excluding hydrogens is 713 g/mol.